The maximum Gasteiger partial charge on any atom is 0.573 e. The van der Waals surface area contributed by atoms with Crippen molar-refractivity contribution in [1.82, 2.24) is 4.31 Å². The zero-order valence-corrected chi connectivity index (χ0v) is 14.4. The first kappa shape index (κ1) is 19.2. The van der Waals surface area contributed by atoms with Gasteiger partial charge in [-0.1, -0.05) is 6.07 Å². The van der Waals surface area contributed by atoms with E-state index in [1.807, 2.05) is 0 Å². The van der Waals surface area contributed by atoms with Crippen molar-refractivity contribution in [1.29, 1.82) is 0 Å². The number of hydrogen-bond acceptors (Lipinski definition) is 5. The van der Waals surface area contributed by atoms with E-state index >= 15 is 0 Å². The molecule has 0 bridgehead atoms. The molecule has 0 radical (unpaired) electrons. The SMILES string of the molecule is CN(CC(=O)Nc1ccc(OC(F)(F)F)cc1)S(=O)(=O)c1cccs1. The Hall–Kier alpha value is -2.11. The van der Waals surface area contributed by atoms with Crippen molar-refractivity contribution in [3.05, 3.63) is 41.8 Å². The topological polar surface area (TPSA) is 75.7 Å². The molecule has 2 rings (SSSR count). The molecule has 6 nitrogen and oxygen atoms in total. The molecule has 1 N–H and O–H groups in total. The number of halogens is 3. The van der Waals surface area contributed by atoms with Crippen molar-refractivity contribution >= 4 is 33.0 Å². The van der Waals surface area contributed by atoms with Crippen molar-refractivity contribution in [3.8, 4) is 5.75 Å². The van der Waals surface area contributed by atoms with Crippen LogP contribution in [0.3, 0.4) is 0 Å². The van der Waals surface area contributed by atoms with Gasteiger partial charge in [-0.25, -0.2) is 8.42 Å². The van der Waals surface area contributed by atoms with Crippen LogP contribution in [0.1, 0.15) is 0 Å². The van der Waals surface area contributed by atoms with Crippen molar-refractivity contribution in [2.45, 2.75) is 10.6 Å². The number of benzene rings is 1. The molecular formula is C14H13F3N2O4S2. The minimum Gasteiger partial charge on any atom is -0.406 e. The Labute approximate surface area is 145 Å². The number of carbonyl (C=O) groups excluding carboxylic acids is 1. The first-order valence-electron chi connectivity index (χ1n) is 6.73. The van der Waals surface area contributed by atoms with Gasteiger partial charge in [-0.2, -0.15) is 4.31 Å². The number of ether oxygens (including phenoxy) is 1. The molecule has 2 aromatic rings. The normalized spacial score (nSPS) is 12.2. The molecule has 25 heavy (non-hydrogen) atoms. The number of likely N-dealkylation sites (N-methyl/N-ethyl adjacent to an activating group) is 1. The molecule has 1 aromatic carbocycles. The molecule has 0 saturated heterocycles. The van der Waals surface area contributed by atoms with Crippen LogP contribution in [0.5, 0.6) is 5.75 Å². The molecule has 0 fully saturated rings. The average molecular weight is 394 g/mol. The Morgan fingerprint density at radius 3 is 2.40 bits per heavy atom. The van der Waals surface area contributed by atoms with Crippen LogP contribution in [0.15, 0.2) is 46.0 Å². The number of rotatable bonds is 6. The van der Waals surface area contributed by atoms with Gasteiger partial charge < -0.3 is 10.1 Å². The second-order valence-electron chi connectivity index (χ2n) is 4.81. The summed E-state index contributed by atoms with van der Waals surface area (Å²) < 4.78 is 65.3. The largest absolute Gasteiger partial charge is 0.573 e. The van der Waals surface area contributed by atoms with Crippen LogP contribution in [0.2, 0.25) is 0 Å². The molecule has 0 unspecified atom stereocenters. The minimum absolute atomic E-state index is 0.108. The molecule has 1 heterocycles. The lowest BCUT2D eigenvalue weighted by molar-refractivity contribution is -0.274. The van der Waals surface area contributed by atoms with Crippen molar-refractivity contribution in [2.75, 3.05) is 18.9 Å². The fourth-order valence-electron chi connectivity index (χ4n) is 1.79. The first-order valence-corrected chi connectivity index (χ1v) is 9.05. The van der Waals surface area contributed by atoms with Crippen LogP contribution >= 0.6 is 11.3 Å². The average Bonchev–Trinajstić information content (AvgIpc) is 3.02. The monoisotopic (exact) mass is 394 g/mol. The van der Waals surface area contributed by atoms with Gasteiger partial charge in [-0.15, -0.1) is 24.5 Å². The van der Waals surface area contributed by atoms with E-state index in [4.69, 9.17) is 0 Å². The van der Waals surface area contributed by atoms with Crippen LogP contribution in [0, 0.1) is 0 Å². The van der Waals surface area contributed by atoms with Gasteiger partial charge in [0.05, 0.1) is 6.54 Å². The van der Waals surface area contributed by atoms with Gasteiger partial charge in [-0.3, -0.25) is 4.79 Å². The Balaban J connectivity index is 1.96. The molecule has 1 aromatic heterocycles. The lowest BCUT2D eigenvalue weighted by Gasteiger charge is -2.16. The number of thiophene rings is 1. The molecule has 1 amide bonds. The maximum atomic E-state index is 12.2. The van der Waals surface area contributed by atoms with E-state index in [1.165, 1.54) is 25.2 Å². The van der Waals surface area contributed by atoms with Crippen LogP contribution < -0.4 is 10.1 Å². The van der Waals surface area contributed by atoms with Crippen LogP contribution in [-0.2, 0) is 14.8 Å². The van der Waals surface area contributed by atoms with E-state index in [2.05, 4.69) is 10.1 Å². The zero-order chi connectivity index (χ0) is 18.7. The fourth-order valence-corrected chi connectivity index (χ4v) is 4.12. The third-order valence-electron chi connectivity index (χ3n) is 2.90. The summed E-state index contributed by atoms with van der Waals surface area (Å²) in [6.45, 7) is -0.443. The van der Waals surface area contributed by atoms with E-state index in [-0.39, 0.29) is 9.90 Å². The standard InChI is InChI=1S/C14H13F3N2O4S2/c1-19(25(21,22)13-3-2-8-24-13)9-12(20)18-10-4-6-11(7-5-10)23-14(15,16)17/h2-8H,9H2,1H3,(H,18,20). The lowest BCUT2D eigenvalue weighted by atomic mass is 10.3. The molecule has 0 aliphatic rings. The number of anilines is 1. The van der Waals surface area contributed by atoms with Gasteiger partial charge in [0.2, 0.25) is 5.91 Å². The van der Waals surface area contributed by atoms with E-state index in [1.54, 1.807) is 11.4 Å². The summed E-state index contributed by atoms with van der Waals surface area (Å²) in [4.78, 5) is 11.9. The third kappa shape index (κ3) is 5.44. The lowest BCUT2D eigenvalue weighted by Crippen LogP contribution is -2.34. The summed E-state index contributed by atoms with van der Waals surface area (Å²) in [6, 6.07) is 7.51. The van der Waals surface area contributed by atoms with E-state index in [0.717, 1.165) is 27.8 Å². The highest BCUT2D eigenvalue weighted by molar-refractivity contribution is 7.91. The van der Waals surface area contributed by atoms with Gasteiger partial charge in [0.15, 0.2) is 0 Å². The number of alkyl halides is 3. The van der Waals surface area contributed by atoms with Crippen LogP contribution in [0.25, 0.3) is 0 Å². The fraction of sp³-hybridized carbons (Fsp3) is 0.214. The van der Waals surface area contributed by atoms with Crippen LogP contribution in [-0.4, -0.2) is 38.6 Å². The summed E-state index contributed by atoms with van der Waals surface area (Å²) in [5.41, 5.74) is 0.210. The first-order chi connectivity index (χ1) is 11.6. The second-order valence-corrected chi connectivity index (χ2v) is 8.03. The molecule has 0 aliphatic heterocycles. The van der Waals surface area contributed by atoms with Gasteiger partial charge in [0, 0.05) is 12.7 Å². The predicted molar refractivity (Wildman–Crippen MR) is 85.9 cm³/mol. The summed E-state index contributed by atoms with van der Waals surface area (Å²) >= 11 is 1.03. The Kier molecular flexibility index (Phi) is 5.70. The molecule has 0 spiro atoms. The van der Waals surface area contributed by atoms with Gasteiger partial charge in [0.1, 0.15) is 9.96 Å². The highest BCUT2D eigenvalue weighted by atomic mass is 32.2. The summed E-state index contributed by atoms with van der Waals surface area (Å²) in [7, 11) is -2.51. The van der Waals surface area contributed by atoms with Gasteiger partial charge in [0.25, 0.3) is 10.0 Å². The summed E-state index contributed by atoms with van der Waals surface area (Å²) in [5.74, 6) is -1.06. The van der Waals surface area contributed by atoms with Crippen molar-refractivity contribution in [2.24, 2.45) is 0 Å². The number of nitrogens with zero attached hydrogens (tertiary/aromatic N) is 1. The van der Waals surface area contributed by atoms with Gasteiger partial charge in [-0.05, 0) is 35.7 Å². The molecule has 11 heteroatoms. The number of sulfonamides is 1. The van der Waals surface area contributed by atoms with E-state index in [9.17, 15) is 26.4 Å². The van der Waals surface area contributed by atoms with Crippen molar-refractivity contribution < 1.29 is 31.1 Å². The molecule has 136 valence electrons. The van der Waals surface area contributed by atoms with Crippen molar-refractivity contribution in [3.63, 3.8) is 0 Å². The highest BCUT2D eigenvalue weighted by Gasteiger charge is 2.31. The third-order valence-corrected chi connectivity index (χ3v) is 6.07. The zero-order valence-electron chi connectivity index (χ0n) is 12.8. The Morgan fingerprint density at radius 2 is 1.88 bits per heavy atom. The number of amides is 1. The highest BCUT2D eigenvalue weighted by Crippen LogP contribution is 2.24. The van der Waals surface area contributed by atoms with E-state index < -0.39 is 34.6 Å². The molecule has 0 aliphatic carbocycles. The Bertz CT molecular complexity index is 819. The molecular weight excluding hydrogens is 381 g/mol. The quantitative estimate of drug-likeness (QED) is 0.818. The second kappa shape index (κ2) is 7.42. The van der Waals surface area contributed by atoms with E-state index in [0.29, 0.717) is 0 Å². The minimum atomic E-state index is -4.80. The molecule has 0 saturated carbocycles. The maximum absolute atomic E-state index is 12.2. The summed E-state index contributed by atoms with van der Waals surface area (Å²) in [6.07, 6.45) is -4.80. The number of nitrogens with one attached hydrogen (secondary N) is 1. The molecule has 0 atom stereocenters. The smallest absolute Gasteiger partial charge is 0.406 e. The number of hydrogen-bond donors (Lipinski definition) is 1. The number of carbonyl (C=O) groups is 1. The Morgan fingerprint density at radius 1 is 1.24 bits per heavy atom. The predicted octanol–water partition coefficient (Wildman–Crippen LogP) is 2.91. The van der Waals surface area contributed by atoms with Crippen LogP contribution in [0.4, 0.5) is 18.9 Å². The van der Waals surface area contributed by atoms with Gasteiger partial charge >= 0.3 is 6.36 Å². The summed E-state index contributed by atoms with van der Waals surface area (Å²) in [5, 5.41) is 4.00.